The Kier molecular flexibility index (Phi) is 6.92. The fourth-order valence-electron chi connectivity index (χ4n) is 1.85. The normalized spacial score (nSPS) is 13.8. The van der Waals surface area contributed by atoms with Gasteiger partial charge in [-0.2, -0.15) is 0 Å². The predicted octanol–water partition coefficient (Wildman–Crippen LogP) is 2.97. The Balaban J connectivity index is 0.00000200. The molecule has 0 bridgehead atoms. The summed E-state index contributed by atoms with van der Waals surface area (Å²) in [6.45, 7) is 1.52. The summed E-state index contributed by atoms with van der Waals surface area (Å²) >= 11 is 3.31. The molecule has 1 aromatic carbocycles. The molecule has 6 heteroatoms. The number of nitrogens with one attached hydrogen (secondary N) is 1. The molecular formula is C14H19BrClFN2O. The highest BCUT2D eigenvalue weighted by Crippen LogP contribution is 2.27. The monoisotopic (exact) mass is 364 g/mol. The quantitative estimate of drug-likeness (QED) is 0.840. The van der Waals surface area contributed by atoms with Crippen LogP contribution in [0.15, 0.2) is 22.7 Å². The number of rotatable bonds is 6. The Morgan fingerprint density at radius 3 is 2.85 bits per heavy atom. The van der Waals surface area contributed by atoms with Crippen molar-refractivity contribution in [1.82, 2.24) is 10.2 Å². The highest BCUT2D eigenvalue weighted by molar-refractivity contribution is 9.10. The molecule has 1 aliphatic carbocycles. The van der Waals surface area contributed by atoms with E-state index < -0.39 is 0 Å². The summed E-state index contributed by atoms with van der Waals surface area (Å²) in [6, 6.07) is 4.76. The van der Waals surface area contributed by atoms with Crippen LogP contribution in [0.1, 0.15) is 18.4 Å². The van der Waals surface area contributed by atoms with Gasteiger partial charge in [-0.05, 0) is 43.5 Å². The van der Waals surface area contributed by atoms with Crippen molar-refractivity contribution < 1.29 is 9.18 Å². The van der Waals surface area contributed by atoms with Crippen LogP contribution in [0.5, 0.6) is 0 Å². The van der Waals surface area contributed by atoms with Crippen LogP contribution in [0.2, 0.25) is 0 Å². The molecule has 1 amide bonds. The molecule has 0 heterocycles. The van der Waals surface area contributed by atoms with E-state index in [4.69, 9.17) is 0 Å². The van der Waals surface area contributed by atoms with E-state index in [0.717, 1.165) is 16.9 Å². The maximum Gasteiger partial charge on any atom is 0.236 e. The number of hydrogen-bond acceptors (Lipinski definition) is 2. The first-order chi connectivity index (χ1) is 9.06. The van der Waals surface area contributed by atoms with Crippen molar-refractivity contribution in [3.63, 3.8) is 0 Å². The lowest BCUT2D eigenvalue weighted by Gasteiger charge is -2.18. The molecule has 0 radical (unpaired) electrons. The third-order valence-corrected chi connectivity index (χ3v) is 3.74. The van der Waals surface area contributed by atoms with Crippen molar-refractivity contribution in [2.45, 2.75) is 19.4 Å². The summed E-state index contributed by atoms with van der Waals surface area (Å²) in [7, 11) is 1.70. The summed E-state index contributed by atoms with van der Waals surface area (Å²) in [4.78, 5) is 13.4. The zero-order valence-electron chi connectivity index (χ0n) is 11.4. The van der Waals surface area contributed by atoms with E-state index in [1.165, 1.54) is 18.9 Å². The van der Waals surface area contributed by atoms with E-state index >= 15 is 0 Å². The van der Waals surface area contributed by atoms with Gasteiger partial charge < -0.3 is 10.2 Å². The van der Waals surface area contributed by atoms with Gasteiger partial charge in [0.2, 0.25) is 5.91 Å². The number of nitrogens with zero attached hydrogens (tertiary/aromatic N) is 1. The third-order valence-electron chi connectivity index (χ3n) is 3.25. The molecule has 1 fully saturated rings. The van der Waals surface area contributed by atoms with Gasteiger partial charge in [0.15, 0.2) is 0 Å². The molecule has 1 aliphatic rings. The largest absolute Gasteiger partial charge is 0.340 e. The number of halogens is 3. The number of hydrogen-bond donors (Lipinski definition) is 1. The first-order valence-corrected chi connectivity index (χ1v) is 7.24. The van der Waals surface area contributed by atoms with Gasteiger partial charge in [-0.25, -0.2) is 4.39 Å². The highest BCUT2D eigenvalue weighted by Gasteiger charge is 2.21. The highest BCUT2D eigenvalue weighted by atomic mass is 79.9. The molecule has 3 nitrogen and oxygen atoms in total. The summed E-state index contributed by atoms with van der Waals surface area (Å²) in [5.74, 6) is 0.453. The van der Waals surface area contributed by atoms with Crippen molar-refractivity contribution >= 4 is 34.2 Å². The summed E-state index contributed by atoms with van der Waals surface area (Å²) in [6.07, 6.45) is 2.53. The Bertz CT molecular complexity index is 468. The SMILES string of the molecule is CN(Cc1cc(Br)ccc1F)C(=O)CNCC1CC1.Cl. The van der Waals surface area contributed by atoms with Gasteiger partial charge in [-0.3, -0.25) is 4.79 Å². The first kappa shape index (κ1) is 17.4. The fraction of sp³-hybridized carbons (Fsp3) is 0.500. The van der Waals surface area contributed by atoms with E-state index in [-0.39, 0.29) is 30.7 Å². The minimum atomic E-state index is -0.284. The van der Waals surface area contributed by atoms with Crippen molar-refractivity contribution in [3.8, 4) is 0 Å². The Morgan fingerprint density at radius 1 is 1.50 bits per heavy atom. The zero-order valence-corrected chi connectivity index (χ0v) is 13.8. The van der Waals surface area contributed by atoms with E-state index in [1.54, 1.807) is 24.1 Å². The fourth-order valence-corrected chi connectivity index (χ4v) is 2.26. The smallest absolute Gasteiger partial charge is 0.236 e. The van der Waals surface area contributed by atoms with E-state index in [2.05, 4.69) is 21.2 Å². The van der Waals surface area contributed by atoms with Crippen molar-refractivity contribution in [2.24, 2.45) is 5.92 Å². The standard InChI is InChI=1S/C14H18BrFN2O.ClH/c1-18(14(19)8-17-7-10-2-3-10)9-11-6-12(15)4-5-13(11)16;/h4-6,10,17H,2-3,7-9H2,1H3;1H. The minimum Gasteiger partial charge on any atom is -0.340 e. The maximum atomic E-state index is 13.6. The van der Waals surface area contributed by atoms with Crippen molar-refractivity contribution in [3.05, 3.63) is 34.1 Å². The summed E-state index contributed by atoms with van der Waals surface area (Å²) in [5.41, 5.74) is 0.521. The average molecular weight is 366 g/mol. The van der Waals surface area contributed by atoms with E-state index in [0.29, 0.717) is 12.1 Å². The molecule has 1 saturated carbocycles. The lowest BCUT2D eigenvalue weighted by atomic mass is 10.2. The summed E-state index contributed by atoms with van der Waals surface area (Å²) < 4.78 is 14.4. The van der Waals surface area contributed by atoms with Gasteiger partial charge >= 0.3 is 0 Å². The second kappa shape index (κ2) is 7.96. The van der Waals surface area contributed by atoms with E-state index in [9.17, 15) is 9.18 Å². The van der Waals surface area contributed by atoms with Crippen LogP contribution < -0.4 is 5.32 Å². The molecule has 0 saturated heterocycles. The van der Waals surface area contributed by atoms with Gasteiger partial charge in [-0.1, -0.05) is 15.9 Å². The van der Waals surface area contributed by atoms with Crippen LogP contribution in [-0.2, 0) is 11.3 Å². The molecule has 0 aliphatic heterocycles. The molecule has 0 unspecified atom stereocenters. The van der Waals surface area contributed by atoms with Crippen LogP contribution in [0.4, 0.5) is 4.39 Å². The van der Waals surface area contributed by atoms with Gasteiger partial charge in [0.05, 0.1) is 6.54 Å². The Labute approximate surface area is 133 Å². The minimum absolute atomic E-state index is 0. The molecule has 2 rings (SSSR count). The molecule has 112 valence electrons. The number of likely N-dealkylation sites (N-methyl/N-ethyl adjacent to an activating group) is 1. The molecule has 1 N–H and O–H groups in total. The Morgan fingerprint density at radius 2 is 2.20 bits per heavy atom. The van der Waals surface area contributed by atoms with Crippen molar-refractivity contribution in [2.75, 3.05) is 20.1 Å². The van der Waals surface area contributed by atoms with Gasteiger partial charge in [-0.15, -0.1) is 12.4 Å². The molecule has 0 aromatic heterocycles. The lowest BCUT2D eigenvalue weighted by molar-refractivity contribution is -0.129. The molecule has 1 aromatic rings. The second-order valence-electron chi connectivity index (χ2n) is 5.06. The van der Waals surface area contributed by atoms with Gasteiger partial charge in [0.25, 0.3) is 0 Å². The molecular weight excluding hydrogens is 347 g/mol. The number of benzene rings is 1. The predicted molar refractivity (Wildman–Crippen MR) is 83.4 cm³/mol. The van der Waals surface area contributed by atoms with Gasteiger partial charge in [0.1, 0.15) is 5.82 Å². The van der Waals surface area contributed by atoms with E-state index in [1.807, 2.05) is 0 Å². The second-order valence-corrected chi connectivity index (χ2v) is 5.98. The maximum absolute atomic E-state index is 13.6. The van der Waals surface area contributed by atoms with Crippen LogP contribution in [0, 0.1) is 11.7 Å². The third kappa shape index (κ3) is 5.38. The van der Waals surface area contributed by atoms with Crippen LogP contribution >= 0.6 is 28.3 Å². The van der Waals surface area contributed by atoms with Crippen LogP contribution in [-0.4, -0.2) is 30.9 Å². The number of amides is 1. The lowest BCUT2D eigenvalue weighted by Crippen LogP contribution is -2.36. The zero-order chi connectivity index (χ0) is 13.8. The average Bonchev–Trinajstić information content (AvgIpc) is 3.17. The topological polar surface area (TPSA) is 32.3 Å². The molecule has 20 heavy (non-hydrogen) atoms. The van der Waals surface area contributed by atoms with Crippen LogP contribution in [0.3, 0.4) is 0 Å². The number of carbonyl (C=O) groups excluding carboxylic acids is 1. The molecule has 0 atom stereocenters. The number of carbonyl (C=O) groups is 1. The Hall–Kier alpha value is -0.650. The summed E-state index contributed by atoms with van der Waals surface area (Å²) in [5, 5.41) is 3.15. The van der Waals surface area contributed by atoms with Crippen LogP contribution in [0.25, 0.3) is 0 Å². The first-order valence-electron chi connectivity index (χ1n) is 6.45. The molecule has 0 spiro atoms. The van der Waals surface area contributed by atoms with Gasteiger partial charge in [0, 0.05) is 23.6 Å². The van der Waals surface area contributed by atoms with Crippen molar-refractivity contribution in [1.29, 1.82) is 0 Å².